The fourth-order valence-corrected chi connectivity index (χ4v) is 2.73. The Balaban J connectivity index is 2.07. The molecule has 1 atom stereocenters. The van der Waals surface area contributed by atoms with Gasteiger partial charge in [-0.2, -0.15) is 0 Å². The average Bonchev–Trinajstić information content (AvgIpc) is 2.75. The number of hydrogen-bond acceptors (Lipinski definition) is 3. The molecular weight excluding hydrogens is 230 g/mol. The SMILES string of the molecule is CC[C@@]1(C(=O)O)CCCN(Cc2nccn2C)C1. The van der Waals surface area contributed by atoms with Gasteiger partial charge >= 0.3 is 5.97 Å². The topological polar surface area (TPSA) is 58.4 Å². The number of carboxylic acid groups (broad SMARTS) is 1. The highest BCUT2D eigenvalue weighted by Crippen LogP contribution is 2.34. The van der Waals surface area contributed by atoms with Crippen LogP contribution in [-0.2, 0) is 18.4 Å². The number of carboxylic acids is 1. The van der Waals surface area contributed by atoms with Gasteiger partial charge in [0, 0.05) is 26.0 Å². The summed E-state index contributed by atoms with van der Waals surface area (Å²) in [6.07, 6.45) is 6.13. The molecule has 2 heterocycles. The van der Waals surface area contributed by atoms with Crippen LogP contribution in [0, 0.1) is 5.41 Å². The molecule has 1 saturated heterocycles. The zero-order valence-electron chi connectivity index (χ0n) is 11.1. The van der Waals surface area contributed by atoms with Gasteiger partial charge in [0.1, 0.15) is 5.82 Å². The number of rotatable bonds is 4. The molecule has 1 aromatic rings. The summed E-state index contributed by atoms with van der Waals surface area (Å²) in [5, 5.41) is 9.44. The molecule has 0 spiro atoms. The van der Waals surface area contributed by atoms with E-state index in [2.05, 4.69) is 9.88 Å². The van der Waals surface area contributed by atoms with Crippen LogP contribution in [-0.4, -0.2) is 38.6 Å². The molecule has 1 aromatic heterocycles. The highest BCUT2D eigenvalue weighted by molar-refractivity contribution is 5.75. The maximum Gasteiger partial charge on any atom is 0.310 e. The van der Waals surface area contributed by atoms with Gasteiger partial charge < -0.3 is 9.67 Å². The Morgan fingerprint density at radius 2 is 2.39 bits per heavy atom. The third-order valence-electron chi connectivity index (χ3n) is 4.07. The summed E-state index contributed by atoms with van der Waals surface area (Å²) in [5.74, 6) is 0.335. The molecule has 1 aliphatic heterocycles. The summed E-state index contributed by atoms with van der Waals surface area (Å²) < 4.78 is 1.99. The van der Waals surface area contributed by atoms with Crippen LogP contribution in [0.4, 0.5) is 0 Å². The lowest BCUT2D eigenvalue weighted by atomic mass is 9.77. The van der Waals surface area contributed by atoms with Crippen LogP contribution in [0.2, 0.25) is 0 Å². The van der Waals surface area contributed by atoms with Crippen molar-refractivity contribution in [2.75, 3.05) is 13.1 Å². The number of hydrogen-bond donors (Lipinski definition) is 1. The van der Waals surface area contributed by atoms with E-state index in [0.29, 0.717) is 13.0 Å². The molecule has 0 unspecified atom stereocenters. The Morgan fingerprint density at radius 3 is 2.94 bits per heavy atom. The number of likely N-dealkylation sites (tertiary alicyclic amines) is 1. The maximum atomic E-state index is 11.5. The number of aromatic nitrogens is 2. The first-order valence-electron chi connectivity index (χ1n) is 6.49. The number of aryl methyl sites for hydroxylation is 1. The first kappa shape index (κ1) is 13.1. The standard InChI is InChI=1S/C13H21N3O2/c1-3-13(12(17)18)5-4-7-16(10-13)9-11-14-6-8-15(11)2/h6,8H,3-5,7,9-10H2,1-2H3,(H,17,18)/t13-/m1/s1. The zero-order chi connectivity index (χ0) is 13.2. The van der Waals surface area contributed by atoms with Crippen molar-refractivity contribution in [3.63, 3.8) is 0 Å². The van der Waals surface area contributed by atoms with Crippen molar-refractivity contribution in [2.45, 2.75) is 32.7 Å². The second-order valence-corrected chi connectivity index (χ2v) is 5.21. The third-order valence-corrected chi connectivity index (χ3v) is 4.07. The molecule has 1 N–H and O–H groups in total. The molecule has 100 valence electrons. The fraction of sp³-hybridized carbons (Fsp3) is 0.692. The van der Waals surface area contributed by atoms with Gasteiger partial charge in [-0.05, 0) is 25.8 Å². The second kappa shape index (κ2) is 5.10. The van der Waals surface area contributed by atoms with Gasteiger partial charge in [0.2, 0.25) is 0 Å². The van der Waals surface area contributed by atoms with Crippen LogP contribution < -0.4 is 0 Å². The number of carbonyl (C=O) groups is 1. The zero-order valence-corrected chi connectivity index (χ0v) is 11.1. The smallest absolute Gasteiger partial charge is 0.310 e. The monoisotopic (exact) mass is 251 g/mol. The minimum Gasteiger partial charge on any atom is -0.481 e. The Morgan fingerprint density at radius 1 is 1.61 bits per heavy atom. The van der Waals surface area contributed by atoms with Crippen molar-refractivity contribution in [2.24, 2.45) is 12.5 Å². The number of nitrogens with zero attached hydrogens (tertiary/aromatic N) is 3. The highest BCUT2D eigenvalue weighted by Gasteiger charge is 2.40. The van der Waals surface area contributed by atoms with E-state index in [9.17, 15) is 9.90 Å². The van der Waals surface area contributed by atoms with E-state index in [4.69, 9.17) is 0 Å². The fourth-order valence-electron chi connectivity index (χ4n) is 2.73. The molecular formula is C13H21N3O2. The lowest BCUT2D eigenvalue weighted by Gasteiger charge is -2.39. The van der Waals surface area contributed by atoms with Crippen molar-refractivity contribution >= 4 is 5.97 Å². The molecule has 18 heavy (non-hydrogen) atoms. The van der Waals surface area contributed by atoms with Crippen molar-refractivity contribution < 1.29 is 9.90 Å². The lowest BCUT2D eigenvalue weighted by molar-refractivity contribution is -0.153. The number of aliphatic carboxylic acids is 1. The van der Waals surface area contributed by atoms with Crippen molar-refractivity contribution in [3.8, 4) is 0 Å². The summed E-state index contributed by atoms with van der Waals surface area (Å²) >= 11 is 0. The van der Waals surface area contributed by atoms with Crippen molar-refractivity contribution in [1.82, 2.24) is 14.5 Å². The number of imidazole rings is 1. The van der Waals surface area contributed by atoms with E-state index in [1.807, 2.05) is 24.7 Å². The first-order valence-corrected chi connectivity index (χ1v) is 6.49. The first-order chi connectivity index (χ1) is 8.57. The maximum absolute atomic E-state index is 11.5. The molecule has 0 amide bonds. The van der Waals surface area contributed by atoms with E-state index in [1.54, 1.807) is 6.20 Å². The molecule has 0 radical (unpaired) electrons. The highest BCUT2D eigenvalue weighted by atomic mass is 16.4. The summed E-state index contributed by atoms with van der Waals surface area (Å²) in [5.41, 5.74) is -0.566. The summed E-state index contributed by atoms with van der Waals surface area (Å²) in [6, 6.07) is 0. The van der Waals surface area contributed by atoms with Crippen LogP contribution >= 0.6 is 0 Å². The van der Waals surface area contributed by atoms with Gasteiger partial charge in [0.15, 0.2) is 0 Å². The van der Waals surface area contributed by atoms with Gasteiger partial charge in [0.05, 0.1) is 12.0 Å². The summed E-state index contributed by atoms with van der Waals surface area (Å²) in [7, 11) is 1.97. The molecule has 5 heteroatoms. The Hall–Kier alpha value is -1.36. The molecule has 1 aliphatic rings. The predicted octanol–water partition coefficient (Wildman–Crippen LogP) is 1.50. The van der Waals surface area contributed by atoms with E-state index in [1.165, 1.54) is 0 Å². The quantitative estimate of drug-likeness (QED) is 0.881. The molecule has 0 saturated carbocycles. The van der Waals surface area contributed by atoms with E-state index in [-0.39, 0.29) is 0 Å². The third kappa shape index (κ3) is 2.41. The second-order valence-electron chi connectivity index (χ2n) is 5.21. The summed E-state index contributed by atoms with van der Waals surface area (Å²) in [6.45, 7) is 4.30. The van der Waals surface area contributed by atoms with Crippen molar-refractivity contribution in [1.29, 1.82) is 0 Å². The Labute approximate surface area is 107 Å². The lowest BCUT2D eigenvalue weighted by Crippen LogP contribution is -2.47. The van der Waals surface area contributed by atoms with E-state index < -0.39 is 11.4 Å². The van der Waals surface area contributed by atoms with Crippen LogP contribution in [0.15, 0.2) is 12.4 Å². The Kier molecular flexibility index (Phi) is 3.71. The largest absolute Gasteiger partial charge is 0.481 e. The predicted molar refractivity (Wildman–Crippen MR) is 68.1 cm³/mol. The molecule has 1 fully saturated rings. The van der Waals surface area contributed by atoms with Crippen LogP contribution in [0.25, 0.3) is 0 Å². The van der Waals surface area contributed by atoms with E-state index >= 15 is 0 Å². The normalized spacial score (nSPS) is 25.2. The Bertz CT molecular complexity index is 430. The van der Waals surface area contributed by atoms with Gasteiger partial charge in [-0.25, -0.2) is 4.98 Å². The minimum absolute atomic E-state index is 0.566. The van der Waals surface area contributed by atoms with Crippen LogP contribution in [0.3, 0.4) is 0 Å². The molecule has 2 rings (SSSR count). The van der Waals surface area contributed by atoms with Gasteiger partial charge in [-0.1, -0.05) is 6.92 Å². The average molecular weight is 251 g/mol. The van der Waals surface area contributed by atoms with Gasteiger partial charge in [0.25, 0.3) is 0 Å². The summed E-state index contributed by atoms with van der Waals surface area (Å²) in [4.78, 5) is 18.0. The van der Waals surface area contributed by atoms with Crippen LogP contribution in [0.1, 0.15) is 32.0 Å². The van der Waals surface area contributed by atoms with Crippen molar-refractivity contribution in [3.05, 3.63) is 18.2 Å². The molecule has 0 bridgehead atoms. The van der Waals surface area contributed by atoms with Gasteiger partial charge in [-0.3, -0.25) is 9.69 Å². The molecule has 0 aromatic carbocycles. The number of piperidine rings is 1. The molecule has 5 nitrogen and oxygen atoms in total. The van der Waals surface area contributed by atoms with Crippen LogP contribution in [0.5, 0.6) is 0 Å². The molecule has 0 aliphatic carbocycles. The minimum atomic E-state index is -0.658. The van der Waals surface area contributed by atoms with Gasteiger partial charge in [-0.15, -0.1) is 0 Å². The van der Waals surface area contributed by atoms with E-state index in [0.717, 1.165) is 31.8 Å².